The fourth-order valence-corrected chi connectivity index (χ4v) is 4.33. The van der Waals surface area contributed by atoms with Gasteiger partial charge in [0.2, 0.25) is 5.91 Å². The molecule has 2 heterocycles. The van der Waals surface area contributed by atoms with Crippen LogP contribution >= 0.6 is 0 Å². The van der Waals surface area contributed by atoms with Crippen molar-refractivity contribution in [3.05, 3.63) is 66.0 Å². The molecule has 1 saturated heterocycles. The maximum Gasteiger partial charge on any atom is 0.224 e. The molecule has 5 heteroatoms. The molecule has 1 aliphatic rings. The van der Waals surface area contributed by atoms with Crippen LogP contribution in [0.2, 0.25) is 0 Å². The number of hydrogen-bond acceptors (Lipinski definition) is 3. The first-order valence-electron chi connectivity index (χ1n) is 10.7. The van der Waals surface area contributed by atoms with Gasteiger partial charge in [-0.05, 0) is 50.4 Å². The summed E-state index contributed by atoms with van der Waals surface area (Å²) in [4.78, 5) is 19.9. The van der Waals surface area contributed by atoms with Gasteiger partial charge in [-0.2, -0.15) is 0 Å². The molecule has 0 aliphatic carbocycles. The van der Waals surface area contributed by atoms with Crippen molar-refractivity contribution < 1.29 is 4.79 Å². The molecule has 0 unspecified atom stereocenters. The fourth-order valence-electron chi connectivity index (χ4n) is 4.33. The molecule has 5 nitrogen and oxygen atoms in total. The second-order valence-electron chi connectivity index (χ2n) is 7.86. The number of likely N-dealkylation sites (tertiary alicyclic amines) is 1. The van der Waals surface area contributed by atoms with E-state index >= 15 is 0 Å². The van der Waals surface area contributed by atoms with Gasteiger partial charge in [-0.15, -0.1) is 0 Å². The predicted octanol–water partition coefficient (Wildman–Crippen LogP) is 3.63. The highest BCUT2D eigenvalue weighted by Gasteiger charge is 2.26. The Bertz CT molecular complexity index is 950. The van der Waals surface area contributed by atoms with Crippen LogP contribution in [0.5, 0.6) is 0 Å². The summed E-state index contributed by atoms with van der Waals surface area (Å²) in [7, 11) is 0. The number of nitrogens with one attached hydrogen (secondary N) is 1. The lowest BCUT2D eigenvalue weighted by Crippen LogP contribution is -2.43. The van der Waals surface area contributed by atoms with E-state index in [9.17, 15) is 4.79 Å². The first kappa shape index (κ1) is 19.6. The van der Waals surface area contributed by atoms with Crippen molar-refractivity contribution in [2.75, 3.05) is 19.6 Å². The summed E-state index contributed by atoms with van der Waals surface area (Å²) < 4.78 is 2.29. The average Bonchev–Trinajstić information content (AvgIpc) is 3.11. The summed E-state index contributed by atoms with van der Waals surface area (Å²) >= 11 is 0. The van der Waals surface area contributed by atoms with E-state index in [0.29, 0.717) is 6.54 Å². The van der Waals surface area contributed by atoms with Gasteiger partial charge in [-0.3, -0.25) is 9.69 Å². The third-order valence-corrected chi connectivity index (χ3v) is 5.85. The van der Waals surface area contributed by atoms with Gasteiger partial charge in [0.1, 0.15) is 5.82 Å². The monoisotopic (exact) mass is 390 g/mol. The van der Waals surface area contributed by atoms with Gasteiger partial charge < -0.3 is 9.88 Å². The summed E-state index contributed by atoms with van der Waals surface area (Å²) in [5.41, 5.74) is 3.50. The van der Waals surface area contributed by atoms with Gasteiger partial charge in [-0.25, -0.2) is 4.98 Å². The number of rotatable bonds is 7. The zero-order chi connectivity index (χ0) is 20.1. The molecule has 1 amide bonds. The molecule has 0 bridgehead atoms. The van der Waals surface area contributed by atoms with E-state index in [1.54, 1.807) is 0 Å². The lowest BCUT2D eigenvalue weighted by Gasteiger charge is -2.31. The molecule has 2 aromatic carbocycles. The number of benzene rings is 2. The number of carbonyl (C=O) groups is 1. The van der Waals surface area contributed by atoms with Crippen molar-refractivity contribution in [1.82, 2.24) is 19.8 Å². The average molecular weight is 391 g/mol. The Balaban J connectivity index is 1.34. The Kier molecular flexibility index (Phi) is 6.25. The van der Waals surface area contributed by atoms with Gasteiger partial charge in [0.15, 0.2) is 0 Å². The number of hydrogen-bond donors (Lipinski definition) is 1. The van der Waals surface area contributed by atoms with Crippen molar-refractivity contribution in [3.63, 3.8) is 0 Å². The van der Waals surface area contributed by atoms with Crippen molar-refractivity contribution in [2.45, 2.75) is 39.3 Å². The van der Waals surface area contributed by atoms with Gasteiger partial charge in [0.25, 0.3) is 0 Å². The number of fused-ring (bicyclic) bond motifs is 1. The quantitative estimate of drug-likeness (QED) is 0.670. The number of piperidine rings is 1. The minimum atomic E-state index is 0.0685. The van der Waals surface area contributed by atoms with Crippen LogP contribution in [-0.4, -0.2) is 40.0 Å². The number of aromatic nitrogens is 2. The van der Waals surface area contributed by atoms with Gasteiger partial charge >= 0.3 is 0 Å². The third kappa shape index (κ3) is 4.67. The number of para-hydroxylation sites is 2. The highest BCUT2D eigenvalue weighted by atomic mass is 16.1. The summed E-state index contributed by atoms with van der Waals surface area (Å²) in [6, 6.07) is 18.6. The Morgan fingerprint density at radius 1 is 1.14 bits per heavy atom. The fraction of sp³-hybridized carbons (Fsp3) is 0.417. The lowest BCUT2D eigenvalue weighted by atomic mass is 9.97. The summed E-state index contributed by atoms with van der Waals surface area (Å²) in [5, 5.41) is 3.14. The molecule has 0 spiro atoms. The van der Waals surface area contributed by atoms with E-state index < -0.39 is 0 Å². The van der Waals surface area contributed by atoms with Crippen LogP contribution in [0.15, 0.2) is 54.6 Å². The van der Waals surface area contributed by atoms with Crippen LogP contribution < -0.4 is 5.32 Å². The van der Waals surface area contributed by atoms with E-state index in [0.717, 1.165) is 56.8 Å². The molecular formula is C24H30N4O. The third-order valence-electron chi connectivity index (χ3n) is 5.85. The Morgan fingerprint density at radius 3 is 2.76 bits per heavy atom. The highest BCUT2D eigenvalue weighted by Crippen LogP contribution is 2.21. The number of aryl methyl sites for hydroxylation is 1. The largest absolute Gasteiger partial charge is 0.355 e. The molecule has 1 fully saturated rings. The summed E-state index contributed by atoms with van der Waals surface area (Å²) in [6.45, 7) is 6.41. The first-order chi connectivity index (χ1) is 14.2. The normalized spacial score (nSPS) is 17.5. The van der Waals surface area contributed by atoms with Crippen LogP contribution in [0.1, 0.15) is 31.2 Å². The second kappa shape index (κ2) is 9.23. The Labute approximate surface area is 172 Å². The van der Waals surface area contributed by atoms with Crippen molar-refractivity contribution in [1.29, 1.82) is 0 Å². The van der Waals surface area contributed by atoms with Crippen LogP contribution in [0, 0.1) is 5.92 Å². The predicted molar refractivity (Wildman–Crippen MR) is 117 cm³/mol. The number of imidazole rings is 1. The van der Waals surface area contributed by atoms with Crippen molar-refractivity contribution in [2.24, 2.45) is 5.92 Å². The molecule has 0 radical (unpaired) electrons. The minimum absolute atomic E-state index is 0.0685. The van der Waals surface area contributed by atoms with Crippen LogP contribution in [0.3, 0.4) is 0 Å². The summed E-state index contributed by atoms with van der Waals surface area (Å²) in [6.07, 6.45) is 2.91. The second-order valence-corrected chi connectivity index (χ2v) is 7.86. The highest BCUT2D eigenvalue weighted by molar-refractivity contribution is 5.79. The molecule has 29 heavy (non-hydrogen) atoms. The molecule has 4 rings (SSSR count). The molecule has 1 N–H and O–H groups in total. The Hall–Kier alpha value is -2.66. The molecular weight excluding hydrogens is 360 g/mol. The molecule has 152 valence electrons. The van der Waals surface area contributed by atoms with E-state index in [4.69, 9.17) is 4.98 Å². The zero-order valence-corrected chi connectivity index (χ0v) is 17.2. The van der Waals surface area contributed by atoms with E-state index in [1.807, 2.05) is 24.3 Å². The van der Waals surface area contributed by atoms with Crippen molar-refractivity contribution >= 4 is 16.9 Å². The van der Waals surface area contributed by atoms with Gasteiger partial charge in [0.05, 0.1) is 23.5 Å². The minimum Gasteiger partial charge on any atom is -0.355 e. The number of nitrogens with zero attached hydrogens (tertiary/aromatic N) is 3. The topological polar surface area (TPSA) is 50.2 Å². The van der Waals surface area contributed by atoms with Crippen LogP contribution in [-0.2, 0) is 24.3 Å². The van der Waals surface area contributed by atoms with E-state index in [1.165, 1.54) is 11.1 Å². The maximum atomic E-state index is 12.7. The number of carbonyl (C=O) groups excluding carboxylic acids is 1. The first-order valence-corrected chi connectivity index (χ1v) is 10.7. The van der Waals surface area contributed by atoms with E-state index in [-0.39, 0.29) is 11.8 Å². The van der Waals surface area contributed by atoms with Gasteiger partial charge in [-0.1, -0.05) is 42.5 Å². The molecule has 0 saturated carbocycles. The standard InChI is InChI=1S/C24H30N4O/c1-2-28-22-13-7-6-12-21(22)26-23(28)18-27-16-8-11-20(17-27)24(29)25-15-14-19-9-4-3-5-10-19/h3-7,9-10,12-13,20H,2,8,11,14-18H2,1H3,(H,25,29)/t20-/m0/s1. The van der Waals surface area contributed by atoms with Crippen LogP contribution in [0.25, 0.3) is 11.0 Å². The summed E-state index contributed by atoms with van der Waals surface area (Å²) in [5.74, 6) is 1.35. The molecule has 1 aromatic heterocycles. The molecule has 1 aliphatic heterocycles. The SMILES string of the molecule is CCn1c(CN2CCC[C@H](C(=O)NCCc3ccccc3)C2)nc2ccccc21. The molecule has 3 aromatic rings. The maximum absolute atomic E-state index is 12.7. The van der Waals surface area contributed by atoms with Crippen molar-refractivity contribution in [3.8, 4) is 0 Å². The van der Waals surface area contributed by atoms with E-state index in [2.05, 4.69) is 52.0 Å². The van der Waals surface area contributed by atoms with Crippen LogP contribution in [0.4, 0.5) is 0 Å². The lowest BCUT2D eigenvalue weighted by molar-refractivity contribution is -0.126. The Morgan fingerprint density at radius 2 is 1.93 bits per heavy atom. The smallest absolute Gasteiger partial charge is 0.224 e. The zero-order valence-electron chi connectivity index (χ0n) is 17.2. The number of amides is 1. The molecule has 1 atom stereocenters. The van der Waals surface area contributed by atoms with Gasteiger partial charge in [0, 0.05) is 19.6 Å².